The molecule has 5 rings (SSSR count). The Morgan fingerprint density at radius 1 is 1.19 bits per heavy atom. The number of nitrogens with one attached hydrogen (secondary N) is 2. The SMILES string of the molecule is COCCn1ccc2cc(C(=O)N[C@H]3CCCc4c3[nH]c3ccc(OC)cc43)ccc21. The standard InChI is InChI=1S/C25H27N3O3/c1-30-13-12-28-11-10-16-14-17(6-9-23(16)28)25(29)27-22-5-3-4-19-20-15-18(31-2)7-8-21(20)26-24(19)22/h6-11,14-15,22,26H,3-5,12-13H2,1-2H3,(H,27,29)/t22-/m0/s1. The Kier molecular flexibility index (Phi) is 5.16. The third-order valence-corrected chi connectivity index (χ3v) is 6.29. The predicted octanol–water partition coefficient (Wildman–Crippen LogP) is 4.59. The number of aromatic amines is 1. The van der Waals surface area contributed by atoms with E-state index in [0.717, 1.165) is 53.7 Å². The van der Waals surface area contributed by atoms with Gasteiger partial charge in [-0.05, 0) is 67.3 Å². The maximum atomic E-state index is 13.1. The highest BCUT2D eigenvalue weighted by Crippen LogP contribution is 2.36. The number of rotatable bonds is 6. The van der Waals surface area contributed by atoms with Crippen LogP contribution in [-0.4, -0.2) is 36.3 Å². The summed E-state index contributed by atoms with van der Waals surface area (Å²) in [4.78, 5) is 16.6. The summed E-state index contributed by atoms with van der Waals surface area (Å²) in [7, 11) is 3.39. The first-order chi connectivity index (χ1) is 15.2. The number of carbonyl (C=O) groups is 1. The highest BCUT2D eigenvalue weighted by atomic mass is 16.5. The molecule has 6 heteroatoms. The molecule has 0 saturated carbocycles. The van der Waals surface area contributed by atoms with Crippen molar-refractivity contribution in [2.75, 3.05) is 20.8 Å². The summed E-state index contributed by atoms with van der Waals surface area (Å²) in [6.07, 6.45) is 5.02. The second kappa shape index (κ2) is 8.12. The van der Waals surface area contributed by atoms with Gasteiger partial charge in [0.25, 0.3) is 5.91 Å². The molecule has 31 heavy (non-hydrogen) atoms. The topological polar surface area (TPSA) is 68.3 Å². The fourth-order valence-corrected chi connectivity index (χ4v) is 4.68. The van der Waals surface area contributed by atoms with Crippen LogP contribution in [0.1, 0.15) is 40.5 Å². The highest BCUT2D eigenvalue weighted by Gasteiger charge is 2.26. The average molecular weight is 418 g/mol. The maximum Gasteiger partial charge on any atom is 0.251 e. The summed E-state index contributed by atoms with van der Waals surface area (Å²) in [6, 6.07) is 14.0. The van der Waals surface area contributed by atoms with Crippen LogP contribution in [0.25, 0.3) is 21.8 Å². The Hall–Kier alpha value is -3.25. The van der Waals surface area contributed by atoms with Crippen molar-refractivity contribution in [3.63, 3.8) is 0 Å². The molecular weight excluding hydrogens is 390 g/mol. The second-order valence-electron chi connectivity index (χ2n) is 8.12. The van der Waals surface area contributed by atoms with Crippen molar-refractivity contribution in [3.05, 3.63) is 65.5 Å². The van der Waals surface area contributed by atoms with Gasteiger partial charge >= 0.3 is 0 Å². The molecule has 0 unspecified atom stereocenters. The van der Waals surface area contributed by atoms with E-state index in [1.165, 1.54) is 10.9 Å². The van der Waals surface area contributed by atoms with E-state index >= 15 is 0 Å². The van der Waals surface area contributed by atoms with Gasteiger partial charge in [0.1, 0.15) is 5.75 Å². The number of aryl methyl sites for hydroxylation is 1. The summed E-state index contributed by atoms with van der Waals surface area (Å²) in [5.41, 5.74) is 5.29. The van der Waals surface area contributed by atoms with E-state index in [9.17, 15) is 4.79 Å². The van der Waals surface area contributed by atoms with Crippen LogP contribution in [0, 0.1) is 0 Å². The first-order valence-corrected chi connectivity index (χ1v) is 10.7. The second-order valence-corrected chi connectivity index (χ2v) is 8.12. The van der Waals surface area contributed by atoms with E-state index in [-0.39, 0.29) is 11.9 Å². The third kappa shape index (κ3) is 3.57. The number of ether oxygens (including phenoxy) is 2. The van der Waals surface area contributed by atoms with Crippen molar-refractivity contribution in [1.29, 1.82) is 0 Å². The van der Waals surface area contributed by atoms with Gasteiger partial charge in [-0.2, -0.15) is 0 Å². The van der Waals surface area contributed by atoms with Crippen molar-refractivity contribution in [2.24, 2.45) is 0 Å². The molecular formula is C25H27N3O3. The van der Waals surface area contributed by atoms with E-state index < -0.39 is 0 Å². The van der Waals surface area contributed by atoms with E-state index in [2.05, 4.69) is 20.9 Å². The number of H-pyrrole nitrogens is 1. The number of aromatic nitrogens is 2. The summed E-state index contributed by atoms with van der Waals surface area (Å²) >= 11 is 0. The Morgan fingerprint density at radius 2 is 2.10 bits per heavy atom. The molecule has 6 nitrogen and oxygen atoms in total. The molecule has 160 valence electrons. The van der Waals surface area contributed by atoms with Crippen LogP contribution in [0.3, 0.4) is 0 Å². The van der Waals surface area contributed by atoms with Crippen molar-refractivity contribution < 1.29 is 14.3 Å². The fraction of sp³-hybridized carbons (Fsp3) is 0.320. The minimum Gasteiger partial charge on any atom is -0.497 e. The van der Waals surface area contributed by atoms with Gasteiger partial charge < -0.3 is 24.3 Å². The molecule has 0 radical (unpaired) electrons. The molecule has 0 bridgehead atoms. The van der Waals surface area contributed by atoms with Crippen LogP contribution in [-0.2, 0) is 17.7 Å². The number of amides is 1. The Labute approximate surface area is 181 Å². The van der Waals surface area contributed by atoms with Gasteiger partial charge in [-0.1, -0.05) is 0 Å². The molecule has 1 aliphatic rings. The molecule has 2 heterocycles. The molecule has 1 amide bonds. The Morgan fingerprint density at radius 3 is 2.94 bits per heavy atom. The molecule has 0 aliphatic heterocycles. The lowest BCUT2D eigenvalue weighted by Crippen LogP contribution is -2.31. The smallest absolute Gasteiger partial charge is 0.251 e. The molecule has 2 aromatic carbocycles. The minimum absolute atomic E-state index is 0.0170. The van der Waals surface area contributed by atoms with Crippen molar-refractivity contribution in [3.8, 4) is 5.75 Å². The Bertz CT molecular complexity index is 1250. The molecule has 0 fully saturated rings. The number of hydrogen-bond donors (Lipinski definition) is 2. The molecule has 0 saturated heterocycles. The van der Waals surface area contributed by atoms with Crippen molar-refractivity contribution in [2.45, 2.75) is 31.8 Å². The van der Waals surface area contributed by atoms with Gasteiger partial charge in [0.2, 0.25) is 0 Å². The summed E-state index contributed by atoms with van der Waals surface area (Å²) < 4.78 is 12.7. The van der Waals surface area contributed by atoms with Gasteiger partial charge in [0.05, 0.1) is 19.8 Å². The van der Waals surface area contributed by atoms with Crippen molar-refractivity contribution >= 4 is 27.7 Å². The molecule has 1 atom stereocenters. The Balaban J connectivity index is 1.40. The first-order valence-electron chi connectivity index (χ1n) is 10.7. The lowest BCUT2D eigenvalue weighted by Gasteiger charge is -2.24. The van der Waals surface area contributed by atoms with Gasteiger partial charge in [0, 0.05) is 52.9 Å². The number of benzene rings is 2. The molecule has 2 N–H and O–H groups in total. The van der Waals surface area contributed by atoms with Crippen molar-refractivity contribution in [1.82, 2.24) is 14.9 Å². The third-order valence-electron chi connectivity index (χ3n) is 6.29. The van der Waals surface area contributed by atoms with E-state index in [4.69, 9.17) is 9.47 Å². The van der Waals surface area contributed by atoms with Gasteiger partial charge in [-0.25, -0.2) is 0 Å². The van der Waals surface area contributed by atoms with E-state index in [1.807, 2.05) is 42.6 Å². The molecule has 2 aromatic heterocycles. The van der Waals surface area contributed by atoms with Crippen LogP contribution >= 0.6 is 0 Å². The minimum atomic E-state index is -0.0411. The number of fused-ring (bicyclic) bond motifs is 4. The summed E-state index contributed by atoms with van der Waals surface area (Å²) in [6.45, 7) is 1.45. The maximum absolute atomic E-state index is 13.1. The lowest BCUT2D eigenvalue weighted by molar-refractivity contribution is 0.0932. The average Bonchev–Trinajstić information content (AvgIpc) is 3.38. The lowest BCUT2D eigenvalue weighted by atomic mass is 9.91. The molecule has 4 aromatic rings. The largest absolute Gasteiger partial charge is 0.497 e. The normalized spacial score (nSPS) is 15.9. The quantitative estimate of drug-likeness (QED) is 0.482. The number of hydrogen-bond acceptors (Lipinski definition) is 3. The zero-order valence-corrected chi connectivity index (χ0v) is 17.9. The van der Waals surface area contributed by atoms with Crippen LogP contribution in [0.4, 0.5) is 0 Å². The van der Waals surface area contributed by atoms with Crippen LogP contribution in [0.2, 0.25) is 0 Å². The van der Waals surface area contributed by atoms with Gasteiger partial charge in [0.15, 0.2) is 0 Å². The summed E-state index contributed by atoms with van der Waals surface area (Å²) in [5, 5.41) is 5.51. The monoisotopic (exact) mass is 417 g/mol. The van der Waals surface area contributed by atoms with Gasteiger partial charge in [-0.15, -0.1) is 0 Å². The number of nitrogens with zero attached hydrogens (tertiary/aromatic N) is 1. The number of methoxy groups -OCH3 is 2. The highest BCUT2D eigenvalue weighted by molar-refractivity contribution is 5.98. The summed E-state index contributed by atoms with van der Waals surface area (Å²) in [5.74, 6) is 0.812. The van der Waals surface area contributed by atoms with E-state index in [1.54, 1.807) is 14.2 Å². The number of carbonyl (C=O) groups excluding carboxylic acids is 1. The zero-order chi connectivity index (χ0) is 21.4. The zero-order valence-electron chi connectivity index (χ0n) is 17.9. The van der Waals surface area contributed by atoms with Gasteiger partial charge in [-0.3, -0.25) is 4.79 Å². The van der Waals surface area contributed by atoms with Crippen LogP contribution < -0.4 is 10.1 Å². The van der Waals surface area contributed by atoms with E-state index in [0.29, 0.717) is 12.2 Å². The predicted molar refractivity (Wildman–Crippen MR) is 122 cm³/mol. The molecule has 1 aliphatic carbocycles. The van der Waals surface area contributed by atoms with Crippen LogP contribution in [0.5, 0.6) is 5.75 Å². The fourth-order valence-electron chi connectivity index (χ4n) is 4.68. The van der Waals surface area contributed by atoms with Crippen LogP contribution in [0.15, 0.2) is 48.7 Å². The first kappa shape index (κ1) is 19.7. The molecule has 0 spiro atoms.